The largest absolute Gasteiger partial charge is 0.310 e. The van der Waals surface area contributed by atoms with E-state index in [1.807, 2.05) is 0 Å². The molecule has 10 rings (SSSR count). The van der Waals surface area contributed by atoms with Crippen molar-refractivity contribution >= 4 is 66.4 Å². The van der Waals surface area contributed by atoms with Gasteiger partial charge in [0.25, 0.3) is 0 Å². The minimum absolute atomic E-state index is 1.10. The van der Waals surface area contributed by atoms with Crippen LogP contribution in [0.5, 0.6) is 0 Å². The smallest absolute Gasteiger partial charge is 0.0540 e. The summed E-state index contributed by atoms with van der Waals surface area (Å²) >= 11 is 0. The van der Waals surface area contributed by atoms with E-state index in [0.29, 0.717) is 0 Å². The summed E-state index contributed by atoms with van der Waals surface area (Å²) in [5, 5.41) is 7.33. The summed E-state index contributed by atoms with van der Waals surface area (Å²) in [5.41, 5.74) is 11.5. The molecule has 0 aromatic heterocycles. The van der Waals surface area contributed by atoms with Crippen LogP contribution in [0, 0.1) is 0 Å². The van der Waals surface area contributed by atoms with Crippen LogP contribution in [0.2, 0.25) is 0 Å². The van der Waals surface area contributed by atoms with Crippen molar-refractivity contribution in [3.05, 3.63) is 231 Å². The molecule has 0 spiro atoms. The van der Waals surface area contributed by atoms with E-state index in [4.69, 9.17) is 0 Å². The molecule has 2 heteroatoms. The number of benzene rings is 10. The Hall–Kier alpha value is -7.42. The lowest BCUT2D eigenvalue weighted by atomic mass is 10.0. The van der Waals surface area contributed by atoms with Crippen molar-refractivity contribution in [2.75, 3.05) is 9.80 Å². The summed E-state index contributed by atoms with van der Waals surface area (Å²) in [5.74, 6) is 0. The van der Waals surface area contributed by atoms with Gasteiger partial charge in [-0.05, 0) is 116 Å². The predicted molar refractivity (Wildman–Crippen MR) is 239 cm³/mol. The summed E-state index contributed by atoms with van der Waals surface area (Å²) in [6.45, 7) is 0. The Kier molecular flexibility index (Phi) is 8.55. The maximum Gasteiger partial charge on any atom is 0.0540 e. The number of rotatable bonds is 8. The van der Waals surface area contributed by atoms with Crippen LogP contribution in [0.1, 0.15) is 0 Å². The van der Waals surface area contributed by atoms with Crippen molar-refractivity contribution in [2.24, 2.45) is 0 Å². The number of fused-ring (bicyclic) bond motifs is 3. The molecular weight excluding hydrogens is 677 g/mol. The average molecular weight is 715 g/mol. The first kappa shape index (κ1) is 33.2. The zero-order valence-corrected chi connectivity index (χ0v) is 30.8. The average Bonchev–Trinajstić information content (AvgIpc) is 3.28. The first-order valence-electron chi connectivity index (χ1n) is 19.2. The van der Waals surface area contributed by atoms with Gasteiger partial charge in [0.05, 0.1) is 5.69 Å². The quantitative estimate of drug-likeness (QED) is 0.155. The summed E-state index contributed by atoms with van der Waals surface area (Å²) < 4.78 is 0. The zero-order valence-electron chi connectivity index (χ0n) is 30.8. The minimum Gasteiger partial charge on any atom is -0.310 e. The molecule has 264 valence electrons. The van der Waals surface area contributed by atoms with Crippen LogP contribution in [0.3, 0.4) is 0 Å². The Bertz CT molecular complexity index is 2870. The van der Waals surface area contributed by atoms with Gasteiger partial charge >= 0.3 is 0 Å². The summed E-state index contributed by atoms with van der Waals surface area (Å²) in [7, 11) is 0. The fourth-order valence-electron chi connectivity index (χ4n) is 7.95. The van der Waals surface area contributed by atoms with Gasteiger partial charge in [-0.1, -0.05) is 164 Å². The molecule has 10 aromatic rings. The molecule has 0 amide bonds. The molecule has 56 heavy (non-hydrogen) atoms. The molecule has 0 radical (unpaired) electrons. The lowest BCUT2D eigenvalue weighted by molar-refractivity contribution is 1.29. The van der Waals surface area contributed by atoms with Crippen molar-refractivity contribution in [3.8, 4) is 22.3 Å². The van der Waals surface area contributed by atoms with Gasteiger partial charge in [0.2, 0.25) is 0 Å². The third-order valence-electron chi connectivity index (χ3n) is 10.8. The van der Waals surface area contributed by atoms with Gasteiger partial charge in [0.15, 0.2) is 0 Å². The lowest BCUT2D eigenvalue weighted by Crippen LogP contribution is -2.10. The first-order chi connectivity index (χ1) is 27.7. The summed E-state index contributed by atoms with van der Waals surface area (Å²) in [6, 6.07) is 83.1. The standard InChI is InChI=1S/C54H38N2/c1-2-11-39(12-3-1)42-23-31-49(32-24-42)56(54-20-10-18-45-15-8-9-19-53(45)54)50-33-25-44(26-34-50)43-21-29-48(30-22-43)55(51-35-27-40-13-4-6-16-46(40)37-51)52-36-28-41-14-5-7-17-47(41)38-52/h1-38H. The van der Waals surface area contributed by atoms with Crippen molar-refractivity contribution in [1.29, 1.82) is 0 Å². The van der Waals surface area contributed by atoms with E-state index in [9.17, 15) is 0 Å². The van der Waals surface area contributed by atoms with Gasteiger partial charge in [-0.2, -0.15) is 0 Å². The van der Waals surface area contributed by atoms with E-state index in [-0.39, 0.29) is 0 Å². The Morgan fingerprint density at radius 3 is 1.11 bits per heavy atom. The molecule has 2 nitrogen and oxygen atoms in total. The van der Waals surface area contributed by atoms with E-state index >= 15 is 0 Å². The molecule has 0 N–H and O–H groups in total. The molecule has 0 aliphatic heterocycles. The third-order valence-corrected chi connectivity index (χ3v) is 10.8. The minimum atomic E-state index is 1.10. The number of nitrogens with zero attached hydrogens (tertiary/aromatic N) is 2. The fourth-order valence-corrected chi connectivity index (χ4v) is 7.95. The summed E-state index contributed by atoms with van der Waals surface area (Å²) in [4.78, 5) is 4.73. The van der Waals surface area contributed by atoms with Crippen molar-refractivity contribution < 1.29 is 0 Å². The van der Waals surface area contributed by atoms with Crippen LogP contribution in [0.15, 0.2) is 231 Å². The number of hydrogen-bond donors (Lipinski definition) is 0. The Balaban J connectivity index is 1.01. The third kappa shape index (κ3) is 6.34. The highest BCUT2D eigenvalue weighted by atomic mass is 15.1. The highest BCUT2D eigenvalue weighted by molar-refractivity contribution is 5.99. The van der Waals surface area contributed by atoms with Crippen LogP contribution in [-0.4, -0.2) is 0 Å². The number of anilines is 6. The van der Waals surface area contributed by atoms with E-state index in [1.54, 1.807) is 0 Å². The van der Waals surface area contributed by atoms with Crippen molar-refractivity contribution in [2.45, 2.75) is 0 Å². The van der Waals surface area contributed by atoms with Crippen molar-refractivity contribution in [1.82, 2.24) is 0 Å². The second-order valence-corrected chi connectivity index (χ2v) is 14.2. The topological polar surface area (TPSA) is 6.48 Å². The Morgan fingerprint density at radius 2 is 0.589 bits per heavy atom. The van der Waals surface area contributed by atoms with Gasteiger partial charge in [0.1, 0.15) is 0 Å². The Morgan fingerprint density at radius 1 is 0.214 bits per heavy atom. The lowest BCUT2D eigenvalue weighted by Gasteiger charge is -2.27. The maximum absolute atomic E-state index is 2.37. The number of hydrogen-bond acceptors (Lipinski definition) is 2. The zero-order chi connectivity index (χ0) is 37.3. The molecule has 0 heterocycles. The van der Waals surface area contributed by atoms with Gasteiger partial charge in [-0.15, -0.1) is 0 Å². The monoisotopic (exact) mass is 714 g/mol. The molecular formula is C54H38N2. The van der Waals surface area contributed by atoms with Crippen LogP contribution < -0.4 is 9.80 Å². The molecule has 10 aromatic carbocycles. The molecule has 0 fully saturated rings. The molecule has 0 aliphatic carbocycles. The molecule has 0 saturated heterocycles. The second-order valence-electron chi connectivity index (χ2n) is 14.2. The summed E-state index contributed by atoms with van der Waals surface area (Å²) in [6.07, 6.45) is 0. The molecule has 0 unspecified atom stereocenters. The van der Waals surface area contributed by atoms with Crippen LogP contribution >= 0.6 is 0 Å². The highest BCUT2D eigenvalue weighted by Gasteiger charge is 2.17. The van der Waals surface area contributed by atoms with Crippen LogP contribution in [0.4, 0.5) is 34.1 Å². The predicted octanol–water partition coefficient (Wildman–Crippen LogP) is 15.4. The van der Waals surface area contributed by atoms with E-state index < -0.39 is 0 Å². The van der Waals surface area contributed by atoms with Crippen LogP contribution in [-0.2, 0) is 0 Å². The molecule has 0 saturated carbocycles. The normalized spacial score (nSPS) is 11.2. The van der Waals surface area contributed by atoms with Gasteiger partial charge < -0.3 is 9.80 Å². The highest BCUT2D eigenvalue weighted by Crippen LogP contribution is 2.41. The van der Waals surface area contributed by atoms with Crippen molar-refractivity contribution in [3.63, 3.8) is 0 Å². The molecule has 0 bridgehead atoms. The van der Waals surface area contributed by atoms with Gasteiger partial charge in [-0.25, -0.2) is 0 Å². The van der Waals surface area contributed by atoms with E-state index in [0.717, 1.165) is 34.1 Å². The van der Waals surface area contributed by atoms with Crippen LogP contribution in [0.25, 0.3) is 54.6 Å². The van der Waals surface area contributed by atoms with E-state index in [2.05, 4.69) is 240 Å². The molecule has 0 aliphatic rings. The van der Waals surface area contributed by atoms with Gasteiger partial charge in [0, 0.05) is 33.8 Å². The second kappa shape index (κ2) is 14.4. The SMILES string of the molecule is c1ccc(-c2ccc(N(c3ccc(-c4ccc(N(c5ccc6ccccc6c5)c5ccc6ccccc6c5)cc4)cc3)c3cccc4ccccc34)cc2)cc1. The molecule has 0 atom stereocenters. The first-order valence-corrected chi connectivity index (χ1v) is 19.2. The fraction of sp³-hybridized carbons (Fsp3) is 0. The van der Waals surface area contributed by atoms with Gasteiger partial charge in [-0.3, -0.25) is 0 Å². The maximum atomic E-state index is 2.37. The van der Waals surface area contributed by atoms with E-state index in [1.165, 1.54) is 54.6 Å². The Labute approximate surface area is 327 Å².